The van der Waals surface area contributed by atoms with Gasteiger partial charge in [0.2, 0.25) is 5.43 Å². The van der Waals surface area contributed by atoms with Gasteiger partial charge in [-0.15, -0.1) is 0 Å². The van der Waals surface area contributed by atoms with Gasteiger partial charge in [-0.1, -0.05) is 11.6 Å². The Morgan fingerprint density at radius 2 is 1.91 bits per heavy atom. The Kier molecular flexibility index (Phi) is 2.49. The third-order valence-electron chi connectivity index (χ3n) is 1.25. The summed E-state index contributed by atoms with van der Waals surface area (Å²) < 4.78 is 4.79. The Morgan fingerprint density at radius 3 is 2.55 bits per heavy atom. The molecule has 0 heterocycles. The van der Waals surface area contributed by atoms with Gasteiger partial charge in [0.15, 0.2) is 5.75 Å². The van der Waals surface area contributed by atoms with E-state index in [-0.39, 0.29) is 5.43 Å². The van der Waals surface area contributed by atoms with Crippen LogP contribution in [-0.2, 0) is 0 Å². The Morgan fingerprint density at radius 1 is 1.27 bits per heavy atom. The second kappa shape index (κ2) is 3.39. The molecule has 0 bridgehead atoms. The normalized spacial score (nSPS) is 9.27. The molecule has 0 spiro atoms. The minimum Gasteiger partial charge on any atom is -0.493 e. The Balaban J connectivity index is 3.33. The molecule has 0 amide bonds. The average molecular weight is 171 g/mol. The Hall–Kier alpha value is -1.02. The highest BCUT2D eigenvalue weighted by Gasteiger charge is 1.93. The molecule has 1 aromatic rings. The van der Waals surface area contributed by atoms with E-state index in [1.54, 1.807) is 12.1 Å². The molecule has 0 radical (unpaired) electrons. The number of rotatable bonds is 1. The first-order valence-electron chi connectivity index (χ1n) is 3.08. The maximum Gasteiger partial charge on any atom is 0.220 e. The topological polar surface area (TPSA) is 26.3 Å². The molecule has 0 atom stereocenters. The van der Waals surface area contributed by atoms with E-state index in [0.29, 0.717) is 10.8 Å². The van der Waals surface area contributed by atoms with Gasteiger partial charge >= 0.3 is 0 Å². The van der Waals surface area contributed by atoms with Gasteiger partial charge in [0.25, 0.3) is 0 Å². The van der Waals surface area contributed by atoms with E-state index < -0.39 is 0 Å². The van der Waals surface area contributed by atoms with Crippen molar-refractivity contribution in [1.82, 2.24) is 0 Å². The molecule has 0 aliphatic heterocycles. The lowest BCUT2D eigenvalue weighted by Crippen LogP contribution is -1.98. The fraction of sp³-hybridized carbons (Fsp3) is 0.125. The van der Waals surface area contributed by atoms with Crippen LogP contribution in [0.5, 0.6) is 5.75 Å². The van der Waals surface area contributed by atoms with Gasteiger partial charge in [-0.05, 0) is 24.3 Å². The fourth-order valence-corrected chi connectivity index (χ4v) is 0.825. The molecule has 0 aliphatic rings. The third-order valence-corrected chi connectivity index (χ3v) is 1.50. The van der Waals surface area contributed by atoms with Gasteiger partial charge in [-0.3, -0.25) is 4.79 Å². The first-order chi connectivity index (χ1) is 5.24. The molecule has 0 aliphatic carbocycles. The predicted octanol–water partition coefficient (Wildman–Crippen LogP) is 1.71. The third kappa shape index (κ3) is 1.95. The molecule has 3 heteroatoms. The highest BCUT2D eigenvalue weighted by Crippen LogP contribution is 2.07. The molecule has 58 valence electrons. The smallest absolute Gasteiger partial charge is 0.220 e. The molecule has 0 aromatic heterocycles. The van der Waals surface area contributed by atoms with Crippen molar-refractivity contribution in [1.29, 1.82) is 0 Å². The van der Waals surface area contributed by atoms with E-state index in [0.717, 1.165) is 0 Å². The number of halogens is 1. The molecule has 0 fully saturated rings. The fourth-order valence-electron chi connectivity index (χ4n) is 0.699. The highest BCUT2D eigenvalue weighted by atomic mass is 35.5. The van der Waals surface area contributed by atoms with Crippen molar-refractivity contribution in [3.05, 3.63) is 39.5 Å². The molecule has 2 nitrogen and oxygen atoms in total. The summed E-state index contributed by atoms with van der Waals surface area (Å²) in [6.07, 6.45) is 0. The van der Waals surface area contributed by atoms with Crippen LogP contribution in [0, 0.1) is 0 Å². The second-order valence-electron chi connectivity index (χ2n) is 1.98. The largest absolute Gasteiger partial charge is 0.493 e. The van der Waals surface area contributed by atoms with E-state index in [4.69, 9.17) is 16.3 Å². The zero-order valence-corrected chi connectivity index (χ0v) is 6.76. The lowest BCUT2D eigenvalue weighted by atomic mass is 10.5. The van der Waals surface area contributed by atoms with Gasteiger partial charge < -0.3 is 4.74 Å². The first-order valence-corrected chi connectivity index (χ1v) is 3.45. The lowest BCUT2D eigenvalue weighted by molar-refractivity contribution is 0.411. The van der Waals surface area contributed by atoms with Crippen LogP contribution < -0.4 is 10.2 Å². The molecule has 0 saturated carbocycles. The van der Waals surface area contributed by atoms with Gasteiger partial charge in [0, 0.05) is 5.02 Å². The molecule has 1 aromatic carbocycles. The summed E-state index contributed by atoms with van der Waals surface area (Å²) in [5, 5.41) is 0.519. The monoisotopic (exact) mass is 170 g/mol. The Labute approximate surface area is 69.4 Å². The molecule has 11 heavy (non-hydrogen) atoms. The van der Waals surface area contributed by atoms with Crippen molar-refractivity contribution in [3.8, 4) is 5.75 Å². The highest BCUT2D eigenvalue weighted by molar-refractivity contribution is 6.30. The number of ether oxygens (including phenoxy) is 1. The number of hydrogen-bond acceptors (Lipinski definition) is 2. The van der Waals surface area contributed by atoms with Crippen LogP contribution >= 0.6 is 11.6 Å². The van der Waals surface area contributed by atoms with Gasteiger partial charge in [0.1, 0.15) is 0 Å². The van der Waals surface area contributed by atoms with E-state index in [1.807, 2.05) is 0 Å². The summed E-state index contributed by atoms with van der Waals surface area (Å²) >= 11 is 5.63. The molecular weight excluding hydrogens is 164 g/mol. The summed E-state index contributed by atoms with van der Waals surface area (Å²) in [4.78, 5) is 11.0. The van der Waals surface area contributed by atoms with E-state index in [9.17, 15) is 4.79 Å². The van der Waals surface area contributed by atoms with Crippen LogP contribution in [0.4, 0.5) is 0 Å². The van der Waals surface area contributed by atoms with E-state index in [2.05, 4.69) is 0 Å². The summed E-state index contributed by atoms with van der Waals surface area (Å²) in [5.41, 5.74) is -0.167. The van der Waals surface area contributed by atoms with Crippen molar-refractivity contribution >= 4 is 11.6 Å². The average Bonchev–Trinajstić information content (AvgIpc) is 2.15. The molecule has 0 unspecified atom stereocenters. The van der Waals surface area contributed by atoms with Crippen molar-refractivity contribution in [2.45, 2.75) is 0 Å². The summed E-state index contributed by atoms with van der Waals surface area (Å²) in [6.45, 7) is 0. The summed E-state index contributed by atoms with van der Waals surface area (Å²) in [5.74, 6) is 0.303. The van der Waals surface area contributed by atoms with Gasteiger partial charge in [-0.25, -0.2) is 0 Å². The second-order valence-corrected chi connectivity index (χ2v) is 2.42. The molecule has 0 saturated heterocycles. The van der Waals surface area contributed by atoms with Crippen LogP contribution in [-0.4, -0.2) is 7.11 Å². The van der Waals surface area contributed by atoms with Crippen LogP contribution in [0.25, 0.3) is 0 Å². The summed E-state index contributed by atoms with van der Waals surface area (Å²) in [6, 6.07) is 6.07. The van der Waals surface area contributed by atoms with Crippen molar-refractivity contribution < 1.29 is 4.74 Å². The van der Waals surface area contributed by atoms with Gasteiger partial charge in [-0.2, -0.15) is 0 Å². The first kappa shape index (κ1) is 8.08. The van der Waals surface area contributed by atoms with E-state index in [1.165, 1.54) is 19.2 Å². The minimum atomic E-state index is -0.167. The SMILES string of the molecule is COc1ccc(Cl)ccc1=O. The van der Waals surface area contributed by atoms with Crippen molar-refractivity contribution in [2.75, 3.05) is 7.11 Å². The van der Waals surface area contributed by atoms with Crippen molar-refractivity contribution in [2.24, 2.45) is 0 Å². The zero-order chi connectivity index (χ0) is 8.27. The molecule has 1 rings (SSSR count). The number of methoxy groups -OCH3 is 1. The Bertz CT molecular complexity index is 309. The minimum absolute atomic E-state index is 0.167. The zero-order valence-electron chi connectivity index (χ0n) is 6.00. The van der Waals surface area contributed by atoms with Crippen LogP contribution in [0.3, 0.4) is 0 Å². The van der Waals surface area contributed by atoms with Crippen molar-refractivity contribution in [3.63, 3.8) is 0 Å². The van der Waals surface area contributed by atoms with E-state index >= 15 is 0 Å². The quantitative estimate of drug-likeness (QED) is 0.642. The van der Waals surface area contributed by atoms with Crippen LogP contribution in [0.1, 0.15) is 0 Å². The van der Waals surface area contributed by atoms with Crippen LogP contribution in [0.15, 0.2) is 29.1 Å². The lowest BCUT2D eigenvalue weighted by Gasteiger charge is -1.89. The molecular formula is C8H7ClO2. The van der Waals surface area contributed by atoms with Crippen LogP contribution in [0.2, 0.25) is 5.02 Å². The number of hydrogen-bond donors (Lipinski definition) is 0. The maximum atomic E-state index is 11.0. The van der Waals surface area contributed by atoms with Gasteiger partial charge in [0.05, 0.1) is 7.11 Å². The predicted molar refractivity (Wildman–Crippen MR) is 44.3 cm³/mol. The maximum absolute atomic E-state index is 11.0. The summed E-state index contributed by atoms with van der Waals surface area (Å²) in [7, 11) is 1.45. The standard InChI is InChI=1S/C8H7ClO2/c1-11-8-5-3-6(9)2-4-7(8)10/h2-5H,1H3. The molecule has 0 N–H and O–H groups in total.